The summed E-state index contributed by atoms with van der Waals surface area (Å²) in [6.45, 7) is 0.299. The second-order valence-electron chi connectivity index (χ2n) is 3.48. The van der Waals surface area contributed by atoms with Gasteiger partial charge >= 0.3 is 0 Å². The van der Waals surface area contributed by atoms with Crippen molar-refractivity contribution >= 4 is 20.9 Å². The number of hydrogen-bond acceptors (Lipinski definition) is 2. The van der Waals surface area contributed by atoms with E-state index in [0.29, 0.717) is 6.54 Å². The molecule has 1 aromatic heterocycles. The lowest BCUT2D eigenvalue weighted by atomic mass is 10.2. The van der Waals surface area contributed by atoms with E-state index in [-0.39, 0.29) is 0 Å². The maximum absolute atomic E-state index is 10.9. The molecule has 80 valence electrons. The standard InChI is InChI=1S/C10H12N2O2S/c1-15(13,14)11-7-9-6-8-4-2-3-5-10(8)12-9/h2-6,11-12H,7H2,1H3. The molecule has 0 amide bonds. The van der Waals surface area contributed by atoms with Crippen LogP contribution in [0.5, 0.6) is 0 Å². The zero-order chi connectivity index (χ0) is 10.9. The monoisotopic (exact) mass is 224 g/mol. The average Bonchev–Trinajstić information content (AvgIpc) is 2.56. The number of fused-ring (bicyclic) bond motifs is 1. The summed E-state index contributed by atoms with van der Waals surface area (Å²) in [7, 11) is -3.13. The summed E-state index contributed by atoms with van der Waals surface area (Å²) >= 11 is 0. The van der Waals surface area contributed by atoms with Crippen LogP contribution in [0.15, 0.2) is 30.3 Å². The Morgan fingerprint density at radius 1 is 1.33 bits per heavy atom. The van der Waals surface area contributed by atoms with Crippen molar-refractivity contribution in [1.29, 1.82) is 0 Å². The number of H-pyrrole nitrogens is 1. The first-order valence-electron chi connectivity index (χ1n) is 4.56. The van der Waals surface area contributed by atoms with Crippen molar-refractivity contribution in [3.8, 4) is 0 Å². The number of aromatic nitrogens is 1. The van der Waals surface area contributed by atoms with Crippen molar-refractivity contribution in [2.75, 3.05) is 6.26 Å². The van der Waals surface area contributed by atoms with Crippen LogP contribution in [-0.4, -0.2) is 19.7 Å². The van der Waals surface area contributed by atoms with Gasteiger partial charge < -0.3 is 4.98 Å². The second-order valence-corrected chi connectivity index (χ2v) is 5.31. The number of aromatic amines is 1. The van der Waals surface area contributed by atoms with Gasteiger partial charge in [-0.2, -0.15) is 0 Å². The van der Waals surface area contributed by atoms with Gasteiger partial charge in [0.1, 0.15) is 0 Å². The molecule has 0 radical (unpaired) electrons. The van der Waals surface area contributed by atoms with Crippen molar-refractivity contribution < 1.29 is 8.42 Å². The van der Waals surface area contributed by atoms with Crippen LogP contribution in [0, 0.1) is 0 Å². The molecule has 0 atom stereocenters. The number of para-hydroxylation sites is 1. The average molecular weight is 224 g/mol. The molecule has 15 heavy (non-hydrogen) atoms. The Balaban J connectivity index is 2.23. The van der Waals surface area contributed by atoms with Crippen LogP contribution in [0.3, 0.4) is 0 Å². The molecule has 0 saturated carbocycles. The van der Waals surface area contributed by atoms with E-state index in [0.717, 1.165) is 22.9 Å². The zero-order valence-electron chi connectivity index (χ0n) is 8.32. The van der Waals surface area contributed by atoms with E-state index in [1.165, 1.54) is 0 Å². The van der Waals surface area contributed by atoms with Crippen LogP contribution < -0.4 is 4.72 Å². The highest BCUT2D eigenvalue weighted by atomic mass is 32.2. The summed E-state index contributed by atoms with van der Waals surface area (Å²) in [5.41, 5.74) is 1.88. The van der Waals surface area contributed by atoms with Crippen molar-refractivity contribution in [2.24, 2.45) is 0 Å². The summed E-state index contributed by atoms with van der Waals surface area (Å²) in [6, 6.07) is 9.76. The highest BCUT2D eigenvalue weighted by Crippen LogP contribution is 2.14. The molecule has 0 saturated heterocycles. The van der Waals surface area contributed by atoms with Gasteiger partial charge in [0.25, 0.3) is 0 Å². The first-order valence-corrected chi connectivity index (χ1v) is 6.45. The highest BCUT2D eigenvalue weighted by molar-refractivity contribution is 7.88. The molecule has 0 bridgehead atoms. The maximum Gasteiger partial charge on any atom is 0.209 e. The molecule has 0 aliphatic carbocycles. The predicted molar refractivity (Wildman–Crippen MR) is 60.0 cm³/mol. The summed E-state index contributed by atoms with van der Waals surface area (Å²) < 4.78 is 24.2. The van der Waals surface area contributed by atoms with Crippen molar-refractivity contribution in [2.45, 2.75) is 6.54 Å². The molecule has 0 spiro atoms. The van der Waals surface area contributed by atoms with E-state index in [1.807, 2.05) is 30.3 Å². The van der Waals surface area contributed by atoms with Gasteiger partial charge in [-0.05, 0) is 17.5 Å². The number of nitrogens with one attached hydrogen (secondary N) is 2. The van der Waals surface area contributed by atoms with Gasteiger partial charge in [0, 0.05) is 11.2 Å². The molecule has 1 heterocycles. The van der Waals surface area contributed by atoms with Gasteiger partial charge in [0.15, 0.2) is 0 Å². The molecule has 0 aliphatic rings. The molecule has 0 aliphatic heterocycles. The normalized spacial score (nSPS) is 12.1. The third-order valence-corrected chi connectivity index (χ3v) is 2.78. The van der Waals surface area contributed by atoms with Crippen LogP contribution in [0.25, 0.3) is 10.9 Å². The molecule has 1 aromatic carbocycles. The van der Waals surface area contributed by atoms with E-state index in [9.17, 15) is 8.42 Å². The summed E-state index contributed by atoms with van der Waals surface area (Å²) in [5.74, 6) is 0. The van der Waals surface area contributed by atoms with Crippen molar-refractivity contribution in [3.05, 3.63) is 36.0 Å². The molecule has 5 heteroatoms. The summed E-state index contributed by atoms with van der Waals surface area (Å²) in [5, 5.41) is 1.09. The van der Waals surface area contributed by atoms with Gasteiger partial charge in [-0.3, -0.25) is 0 Å². The minimum absolute atomic E-state index is 0.299. The molecule has 2 aromatic rings. The molecular weight excluding hydrogens is 212 g/mol. The van der Waals surface area contributed by atoms with E-state index in [2.05, 4.69) is 9.71 Å². The third-order valence-electron chi connectivity index (χ3n) is 2.11. The summed E-state index contributed by atoms with van der Waals surface area (Å²) in [6.07, 6.45) is 1.15. The molecule has 4 nitrogen and oxygen atoms in total. The predicted octanol–water partition coefficient (Wildman–Crippen LogP) is 1.22. The number of hydrogen-bond donors (Lipinski definition) is 2. The van der Waals surface area contributed by atoms with Crippen LogP contribution in [0.4, 0.5) is 0 Å². The Bertz CT molecular complexity index is 539. The first-order chi connectivity index (χ1) is 7.04. The van der Waals surface area contributed by atoms with Gasteiger partial charge in [0.2, 0.25) is 10.0 Å². The van der Waals surface area contributed by atoms with Gasteiger partial charge in [0.05, 0.1) is 12.8 Å². The molecule has 0 unspecified atom stereocenters. The van der Waals surface area contributed by atoms with Gasteiger partial charge in [-0.1, -0.05) is 18.2 Å². The molecule has 0 fully saturated rings. The number of sulfonamides is 1. The van der Waals surface area contributed by atoms with Crippen LogP contribution in [0.2, 0.25) is 0 Å². The van der Waals surface area contributed by atoms with Gasteiger partial charge in [-0.15, -0.1) is 0 Å². The molecule has 2 rings (SSSR count). The Hall–Kier alpha value is -1.33. The van der Waals surface area contributed by atoms with Crippen LogP contribution in [0.1, 0.15) is 5.69 Å². The first kappa shape index (κ1) is 10.2. The smallest absolute Gasteiger partial charge is 0.209 e. The lowest BCUT2D eigenvalue weighted by Gasteiger charge is -1.98. The maximum atomic E-state index is 10.9. The fourth-order valence-electron chi connectivity index (χ4n) is 1.44. The fourth-order valence-corrected chi connectivity index (χ4v) is 1.86. The Labute approximate surface area is 88.4 Å². The van der Waals surface area contributed by atoms with E-state index < -0.39 is 10.0 Å². The molecular formula is C10H12N2O2S. The largest absolute Gasteiger partial charge is 0.357 e. The van der Waals surface area contributed by atoms with E-state index in [4.69, 9.17) is 0 Å². The number of rotatable bonds is 3. The highest BCUT2D eigenvalue weighted by Gasteiger charge is 2.03. The van der Waals surface area contributed by atoms with Crippen molar-refractivity contribution in [1.82, 2.24) is 9.71 Å². The Morgan fingerprint density at radius 3 is 2.73 bits per heavy atom. The minimum Gasteiger partial charge on any atom is -0.357 e. The Kier molecular flexibility index (Phi) is 2.50. The third kappa shape index (κ3) is 2.57. The summed E-state index contributed by atoms with van der Waals surface area (Å²) in [4.78, 5) is 3.14. The molecule has 2 N–H and O–H groups in total. The Morgan fingerprint density at radius 2 is 2.07 bits per heavy atom. The van der Waals surface area contributed by atoms with E-state index >= 15 is 0 Å². The van der Waals surface area contributed by atoms with Crippen LogP contribution >= 0.6 is 0 Å². The quantitative estimate of drug-likeness (QED) is 0.823. The fraction of sp³-hybridized carbons (Fsp3) is 0.200. The van der Waals surface area contributed by atoms with Crippen molar-refractivity contribution in [3.63, 3.8) is 0 Å². The number of benzene rings is 1. The topological polar surface area (TPSA) is 62.0 Å². The SMILES string of the molecule is CS(=O)(=O)NCc1cc2ccccc2[nH]1. The lowest BCUT2D eigenvalue weighted by Crippen LogP contribution is -2.21. The second kappa shape index (κ2) is 3.67. The zero-order valence-corrected chi connectivity index (χ0v) is 9.14. The van der Waals surface area contributed by atoms with E-state index in [1.54, 1.807) is 0 Å². The van der Waals surface area contributed by atoms with Crippen LogP contribution in [-0.2, 0) is 16.6 Å². The van der Waals surface area contributed by atoms with Gasteiger partial charge in [-0.25, -0.2) is 13.1 Å². The lowest BCUT2D eigenvalue weighted by molar-refractivity contribution is 0.587. The minimum atomic E-state index is -3.13.